The minimum atomic E-state index is -3.84. The SMILES string of the molecule is CC(=O)CS(=O)(=O)c1cc2c(C(=O)c3ccc(-c4ccncc4)cc3)c(Cl)ccc2[nH]1. The molecule has 0 aliphatic heterocycles. The van der Waals surface area contributed by atoms with Crippen molar-refractivity contribution < 1.29 is 18.0 Å². The van der Waals surface area contributed by atoms with E-state index in [0.29, 0.717) is 16.5 Å². The van der Waals surface area contributed by atoms with E-state index in [4.69, 9.17) is 11.6 Å². The summed E-state index contributed by atoms with van der Waals surface area (Å²) < 4.78 is 24.9. The van der Waals surface area contributed by atoms with E-state index >= 15 is 0 Å². The second-order valence-corrected chi connectivity index (χ2v) is 9.49. The molecule has 0 atom stereocenters. The second kappa shape index (κ2) is 8.09. The van der Waals surface area contributed by atoms with Gasteiger partial charge in [-0.2, -0.15) is 0 Å². The van der Waals surface area contributed by atoms with Crippen LogP contribution in [0.15, 0.2) is 72.0 Å². The molecule has 0 aliphatic rings. The summed E-state index contributed by atoms with van der Waals surface area (Å²) in [4.78, 5) is 31.4. The summed E-state index contributed by atoms with van der Waals surface area (Å²) in [5, 5.41) is 0.477. The standard InChI is InChI=1S/C23H17ClN2O4S/c1-14(27)13-31(29,30)21-12-18-20(26-21)7-6-19(24)22(18)23(28)17-4-2-15(3-5-17)16-8-10-25-11-9-16/h2-12,26H,13H2,1H3. The summed E-state index contributed by atoms with van der Waals surface area (Å²) in [7, 11) is -3.84. The highest BCUT2D eigenvalue weighted by Crippen LogP contribution is 2.31. The molecule has 156 valence electrons. The van der Waals surface area contributed by atoms with Gasteiger partial charge in [-0.3, -0.25) is 14.6 Å². The maximum Gasteiger partial charge on any atom is 0.200 e. The Morgan fingerprint density at radius 1 is 0.968 bits per heavy atom. The number of nitrogens with one attached hydrogen (secondary N) is 1. The van der Waals surface area contributed by atoms with Crippen LogP contribution < -0.4 is 0 Å². The molecule has 0 amide bonds. The summed E-state index contributed by atoms with van der Waals surface area (Å²) >= 11 is 6.34. The van der Waals surface area contributed by atoms with Crippen molar-refractivity contribution in [3.8, 4) is 11.1 Å². The number of Topliss-reactive ketones (excluding diaryl/α,β-unsaturated/α-hetero) is 1. The minimum absolute atomic E-state index is 0.123. The lowest BCUT2D eigenvalue weighted by Gasteiger charge is -2.07. The summed E-state index contributed by atoms with van der Waals surface area (Å²) in [6, 6.07) is 15.3. The lowest BCUT2D eigenvalue weighted by molar-refractivity contribution is -0.114. The van der Waals surface area contributed by atoms with Crippen molar-refractivity contribution in [3.05, 3.63) is 83.1 Å². The smallest absolute Gasteiger partial charge is 0.200 e. The first-order valence-electron chi connectivity index (χ1n) is 9.35. The van der Waals surface area contributed by atoms with Gasteiger partial charge in [-0.15, -0.1) is 0 Å². The number of hydrogen-bond donors (Lipinski definition) is 1. The fourth-order valence-electron chi connectivity index (χ4n) is 3.40. The van der Waals surface area contributed by atoms with Crippen molar-refractivity contribution in [1.82, 2.24) is 9.97 Å². The maximum atomic E-state index is 13.3. The zero-order valence-corrected chi connectivity index (χ0v) is 18.0. The fourth-order valence-corrected chi connectivity index (χ4v) is 4.90. The van der Waals surface area contributed by atoms with Gasteiger partial charge < -0.3 is 4.98 Å². The van der Waals surface area contributed by atoms with Crippen LogP contribution in [0.1, 0.15) is 22.8 Å². The van der Waals surface area contributed by atoms with Crippen molar-refractivity contribution >= 4 is 43.9 Å². The van der Waals surface area contributed by atoms with Crippen molar-refractivity contribution in [1.29, 1.82) is 0 Å². The number of carbonyl (C=O) groups excluding carboxylic acids is 2. The van der Waals surface area contributed by atoms with Gasteiger partial charge in [-0.05, 0) is 48.4 Å². The number of pyridine rings is 1. The van der Waals surface area contributed by atoms with Gasteiger partial charge in [0.15, 0.2) is 5.78 Å². The Labute approximate surface area is 183 Å². The van der Waals surface area contributed by atoms with Gasteiger partial charge >= 0.3 is 0 Å². The highest BCUT2D eigenvalue weighted by Gasteiger charge is 2.23. The predicted molar refractivity (Wildman–Crippen MR) is 119 cm³/mol. The first kappa shape index (κ1) is 21.0. The molecule has 31 heavy (non-hydrogen) atoms. The van der Waals surface area contributed by atoms with E-state index in [1.807, 2.05) is 24.3 Å². The van der Waals surface area contributed by atoms with E-state index in [-0.39, 0.29) is 21.4 Å². The number of aromatic nitrogens is 2. The number of fused-ring (bicyclic) bond motifs is 1. The molecule has 2 heterocycles. The third-order valence-corrected chi connectivity index (χ3v) is 6.84. The Morgan fingerprint density at radius 3 is 2.26 bits per heavy atom. The van der Waals surface area contributed by atoms with E-state index in [2.05, 4.69) is 9.97 Å². The Kier molecular flexibility index (Phi) is 5.47. The molecule has 0 bridgehead atoms. The van der Waals surface area contributed by atoms with E-state index in [1.165, 1.54) is 13.0 Å². The van der Waals surface area contributed by atoms with Crippen LogP contribution in [0.3, 0.4) is 0 Å². The monoisotopic (exact) mass is 452 g/mol. The van der Waals surface area contributed by atoms with Crippen LogP contribution in [0.25, 0.3) is 22.0 Å². The van der Waals surface area contributed by atoms with Gasteiger partial charge in [0, 0.05) is 28.9 Å². The van der Waals surface area contributed by atoms with E-state index in [9.17, 15) is 18.0 Å². The summed E-state index contributed by atoms with van der Waals surface area (Å²) in [6.45, 7) is 1.21. The zero-order chi connectivity index (χ0) is 22.2. The number of rotatable bonds is 6. The first-order valence-corrected chi connectivity index (χ1v) is 11.4. The number of carbonyl (C=O) groups is 2. The molecule has 0 saturated carbocycles. The van der Waals surface area contributed by atoms with Gasteiger partial charge in [0.1, 0.15) is 16.6 Å². The fraction of sp³-hybridized carbons (Fsp3) is 0.0870. The van der Waals surface area contributed by atoms with Gasteiger partial charge in [-0.1, -0.05) is 35.9 Å². The molecule has 4 rings (SSSR count). The average Bonchev–Trinajstić information content (AvgIpc) is 3.18. The number of nitrogens with zero attached hydrogens (tertiary/aromatic N) is 1. The predicted octanol–water partition coefficient (Wildman–Crippen LogP) is 4.48. The normalized spacial score (nSPS) is 11.5. The number of sulfone groups is 1. The van der Waals surface area contributed by atoms with Crippen LogP contribution >= 0.6 is 11.6 Å². The molecule has 0 radical (unpaired) electrons. The molecule has 2 aromatic heterocycles. The Morgan fingerprint density at radius 2 is 1.61 bits per heavy atom. The third kappa shape index (κ3) is 4.15. The Balaban J connectivity index is 1.76. The number of aromatic amines is 1. The quantitative estimate of drug-likeness (QED) is 0.435. The van der Waals surface area contributed by atoms with Crippen LogP contribution in [0.2, 0.25) is 5.02 Å². The van der Waals surface area contributed by atoms with Crippen molar-refractivity contribution in [2.45, 2.75) is 11.9 Å². The van der Waals surface area contributed by atoms with Crippen molar-refractivity contribution in [2.75, 3.05) is 5.75 Å². The van der Waals surface area contributed by atoms with Crippen molar-refractivity contribution in [2.24, 2.45) is 0 Å². The minimum Gasteiger partial charge on any atom is -0.346 e. The maximum absolute atomic E-state index is 13.3. The molecule has 0 aliphatic carbocycles. The average molecular weight is 453 g/mol. The Bertz CT molecular complexity index is 1410. The van der Waals surface area contributed by atoms with Gasteiger partial charge in [0.05, 0.1) is 10.6 Å². The topological polar surface area (TPSA) is 97.0 Å². The second-order valence-electron chi connectivity index (χ2n) is 7.12. The van der Waals surface area contributed by atoms with Crippen LogP contribution in [0, 0.1) is 0 Å². The van der Waals surface area contributed by atoms with Crippen LogP contribution in [-0.4, -0.2) is 35.7 Å². The van der Waals surface area contributed by atoms with Crippen LogP contribution in [0.5, 0.6) is 0 Å². The lowest BCUT2D eigenvalue weighted by atomic mass is 9.98. The molecule has 0 spiro atoms. The molecule has 0 unspecified atom stereocenters. The molecule has 4 aromatic rings. The molecule has 2 aromatic carbocycles. The van der Waals surface area contributed by atoms with E-state index in [0.717, 1.165) is 11.1 Å². The van der Waals surface area contributed by atoms with Crippen LogP contribution in [0.4, 0.5) is 0 Å². The van der Waals surface area contributed by atoms with E-state index in [1.54, 1.807) is 36.7 Å². The summed E-state index contributed by atoms with van der Waals surface area (Å²) in [6.07, 6.45) is 3.39. The molecule has 1 N–H and O–H groups in total. The molecule has 0 saturated heterocycles. The Hall–Kier alpha value is -3.29. The first-order chi connectivity index (χ1) is 14.8. The number of hydrogen-bond acceptors (Lipinski definition) is 5. The molecular formula is C23H17ClN2O4S. The molecular weight excluding hydrogens is 436 g/mol. The van der Waals surface area contributed by atoms with Crippen LogP contribution in [-0.2, 0) is 14.6 Å². The van der Waals surface area contributed by atoms with Gasteiger partial charge in [0.25, 0.3) is 0 Å². The van der Waals surface area contributed by atoms with Gasteiger partial charge in [-0.25, -0.2) is 8.42 Å². The summed E-state index contributed by atoms with van der Waals surface area (Å²) in [5.74, 6) is -1.42. The third-order valence-electron chi connectivity index (χ3n) is 4.84. The van der Waals surface area contributed by atoms with Gasteiger partial charge in [0.2, 0.25) is 9.84 Å². The molecule has 8 heteroatoms. The highest BCUT2D eigenvalue weighted by molar-refractivity contribution is 7.92. The van der Waals surface area contributed by atoms with Crippen molar-refractivity contribution in [3.63, 3.8) is 0 Å². The zero-order valence-electron chi connectivity index (χ0n) is 16.4. The lowest BCUT2D eigenvalue weighted by Crippen LogP contribution is -2.13. The number of benzene rings is 2. The number of halogens is 1. The number of ketones is 2. The van der Waals surface area contributed by atoms with E-state index < -0.39 is 21.4 Å². The molecule has 0 fully saturated rings. The highest BCUT2D eigenvalue weighted by atomic mass is 35.5. The summed E-state index contributed by atoms with van der Waals surface area (Å²) in [5.41, 5.74) is 2.98. The number of H-pyrrole nitrogens is 1. The largest absolute Gasteiger partial charge is 0.346 e. The molecule has 6 nitrogen and oxygen atoms in total.